The summed E-state index contributed by atoms with van der Waals surface area (Å²) in [5.74, 6) is 2.10. The van der Waals surface area contributed by atoms with Gasteiger partial charge in [0.05, 0.1) is 18.0 Å². The van der Waals surface area contributed by atoms with E-state index in [1.165, 1.54) is 6.42 Å². The van der Waals surface area contributed by atoms with Gasteiger partial charge in [0.25, 0.3) is 10.1 Å². The fraction of sp³-hybridized carbons (Fsp3) is 0.962. The number of aliphatic hydroxyl groups excluding tert-OH is 2. The first-order valence-electron chi connectivity index (χ1n) is 13.4. The van der Waals surface area contributed by atoms with E-state index in [-0.39, 0.29) is 35.5 Å². The first kappa shape index (κ1) is 26.4. The molecule has 0 bridgehead atoms. The van der Waals surface area contributed by atoms with Crippen LogP contribution in [0.5, 0.6) is 0 Å². The quantitative estimate of drug-likeness (QED) is 0.398. The summed E-state index contributed by atoms with van der Waals surface area (Å²) in [6.45, 7) is 7.05. The molecule has 4 rings (SSSR count). The Morgan fingerprint density at radius 2 is 1.71 bits per heavy atom. The molecule has 1 amide bonds. The van der Waals surface area contributed by atoms with E-state index in [2.05, 4.69) is 26.1 Å². The van der Waals surface area contributed by atoms with Gasteiger partial charge < -0.3 is 15.5 Å². The third-order valence-corrected chi connectivity index (χ3v) is 11.6. The van der Waals surface area contributed by atoms with Crippen LogP contribution in [0.15, 0.2) is 0 Å². The molecule has 0 aliphatic heterocycles. The number of carbonyl (C=O) groups excluding carboxylic acids is 1. The summed E-state index contributed by atoms with van der Waals surface area (Å²) in [7, 11) is -4.06. The van der Waals surface area contributed by atoms with E-state index in [0.717, 1.165) is 51.4 Å². The Morgan fingerprint density at radius 1 is 1.03 bits per heavy atom. The van der Waals surface area contributed by atoms with E-state index in [4.69, 9.17) is 4.55 Å². The first-order valence-corrected chi connectivity index (χ1v) is 15.0. The Bertz CT molecular complexity index is 863. The normalized spacial score (nSPS) is 45.1. The van der Waals surface area contributed by atoms with Gasteiger partial charge in [0, 0.05) is 13.0 Å². The van der Waals surface area contributed by atoms with Crippen LogP contribution < -0.4 is 5.32 Å². The van der Waals surface area contributed by atoms with Gasteiger partial charge in [0.15, 0.2) is 0 Å². The predicted molar refractivity (Wildman–Crippen MR) is 130 cm³/mol. The van der Waals surface area contributed by atoms with Crippen molar-refractivity contribution in [3.8, 4) is 0 Å². The number of rotatable bonds is 7. The molecule has 0 aromatic rings. The van der Waals surface area contributed by atoms with Gasteiger partial charge in [-0.15, -0.1) is 0 Å². The maximum absolute atomic E-state index is 12.2. The highest BCUT2D eigenvalue weighted by atomic mass is 32.2. The molecule has 4 aliphatic rings. The minimum Gasteiger partial charge on any atom is -0.393 e. The minimum atomic E-state index is -4.06. The zero-order valence-corrected chi connectivity index (χ0v) is 21.9. The second kappa shape index (κ2) is 9.64. The molecule has 0 saturated heterocycles. The summed E-state index contributed by atoms with van der Waals surface area (Å²) in [6, 6.07) is 0. The molecule has 34 heavy (non-hydrogen) atoms. The van der Waals surface area contributed by atoms with E-state index in [0.29, 0.717) is 41.9 Å². The molecule has 0 unspecified atom stereocenters. The lowest BCUT2D eigenvalue weighted by atomic mass is 9.43. The first-order chi connectivity index (χ1) is 15.8. The summed E-state index contributed by atoms with van der Waals surface area (Å²) >= 11 is 0. The standard InChI is InChI=1S/C26H45NO6S/c1-16(4-7-23(30)27-12-13-34(31,32)33)19-5-6-20-24-21(9-11-26(19,20)3)25(2)10-8-18(28)14-17(25)15-22(24)29/h16-22,24,28-29H,4-15H2,1-3H3,(H,27,30)(H,31,32,33)/t16-,17+,18-,19+,20-,21-,22-,24-,25-,26+/m0/s1. The van der Waals surface area contributed by atoms with Crippen molar-refractivity contribution in [1.29, 1.82) is 0 Å². The minimum absolute atomic E-state index is 0.0625. The summed E-state index contributed by atoms with van der Waals surface area (Å²) in [4.78, 5) is 12.2. The molecule has 7 nitrogen and oxygen atoms in total. The van der Waals surface area contributed by atoms with Crippen molar-refractivity contribution in [3.05, 3.63) is 0 Å². The lowest BCUT2D eigenvalue weighted by Gasteiger charge is -2.62. The van der Waals surface area contributed by atoms with Crippen LogP contribution in [0, 0.1) is 46.3 Å². The van der Waals surface area contributed by atoms with E-state index in [1.54, 1.807) is 0 Å². The molecule has 0 aromatic heterocycles. The Kier molecular flexibility index (Phi) is 7.47. The maximum atomic E-state index is 12.2. The maximum Gasteiger partial charge on any atom is 0.266 e. The topological polar surface area (TPSA) is 124 Å². The van der Waals surface area contributed by atoms with Gasteiger partial charge in [-0.3, -0.25) is 9.35 Å². The molecule has 0 aromatic carbocycles. The van der Waals surface area contributed by atoms with E-state index in [1.807, 2.05) is 0 Å². The Hall–Kier alpha value is -0.700. The fourth-order valence-electron chi connectivity index (χ4n) is 9.14. The van der Waals surface area contributed by atoms with Crippen molar-refractivity contribution in [3.63, 3.8) is 0 Å². The third-order valence-electron chi connectivity index (χ3n) is 10.9. The average molecular weight is 500 g/mol. The van der Waals surface area contributed by atoms with E-state index in [9.17, 15) is 23.4 Å². The molecule has 196 valence electrons. The monoisotopic (exact) mass is 499 g/mol. The molecule has 0 spiro atoms. The van der Waals surface area contributed by atoms with Gasteiger partial charge in [-0.1, -0.05) is 20.8 Å². The summed E-state index contributed by atoms with van der Waals surface area (Å²) < 4.78 is 30.5. The number of aliphatic hydroxyl groups is 2. The Balaban J connectivity index is 1.39. The number of carbonyl (C=O) groups is 1. The second-order valence-corrected chi connectivity index (χ2v) is 14.2. The summed E-state index contributed by atoms with van der Waals surface area (Å²) in [5, 5.41) is 24.2. The van der Waals surface area contributed by atoms with Gasteiger partial charge >= 0.3 is 0 Å². The van der Waals surface area contributed by atoms with Crippen LogP contribution in [0.25, 0.3) is 0 Å². The predicted octanol–water partition coefficient (Wildman–Crippen LogP) is 3.40. The average Bonchev–Trinajstić information content (AvgIpc) is 3.09. The highest BCUT2D eigenvalue weighted by molar-refractivity contribution is 7.85. The Labute approximate surface area is 205 Å². The van der Waals surface area contributed by atoms with Crippen LogP contribution in [-0.4, -0.2) is 53.6 Å². The third kappa shape index (κ3) is 4.94. The number of hydrogen-bond acceptors (Lipinski definition) is 5. The molecule has 0 radical (unpaired) electrons. The molecule has 10 atom stereocenters. The van der Waals surface area contributed by atoms with Gasteiger partial charge in [-0.2, -0.15) is 8.42 Å². The van der Waals surface area contributed by atoms with Crippen LogP contribution in [0.3, 0.4) is 0 Å². The lowest BCUT2D eigenvalue weighted by Crippen LogP contribution is -2.58. The van der Waals surface area contributed by atoms with Crippen LogP contribution in [0.1, 0.15) is 85.0 Å². The van der Waals surface area contributed by atoms with Crippen molar-refractivity contribution < 1.29 is 28.0 Å². The number of nitrogens with one attached hydrogen (secondary N) is 1. The molecule has 4 fully saturated rings. The number of hydrogen-bond donors (Lipinski definition) is 4. The Morgan fingerprint density at radius 3 is 2.41 bits per heavy atom. The zero-order chi connectivity index (χ0) is 24.9. The van der Waals surface area contributed by atoms with Gasteiger partial charge in [0.1, 0.15) is 0 Å². The smallest absolute Gasteiger partial charge is 0.266 e. The van der Waals surface area contributed by atoms with Gasteiger partial charge in [-0.25, -0.2) is 0 Å². The van der Waals surface area contributed by atoms with E-state index < -0.39 is 15.9 Å². The van der Waals surface area contributed by atoms with Crippen molar-refractivity contribution in [2.75, 3.05) is 12.3 Å². The molecule has 4 aliphatic carbocycles. The van der Waals surface area contributed by atoms with Crippen molar-refractivity contribution in [2.45, 2.75) is 97.2 Å². The number of amides is 1. The molecule has 8 heteroatoms. The molecular weight excluding hydrogens is 454 g/mol. The SMILES string of the molecule is C[C@@H](CCC(=O)NCCS(=O)(=O)O)[C@H]1CC[C@H]2[C@@H]3[C@@H](O)C[C@H]4C[C@@H](O)CC[C@]4(C)[C@H]3CC[C@]12C. The van der Waals surface area contributed by atoms with Crippen molar-refractivity contribution >= 4 is 16.0 Å². The molecule has 0 heterocycles. The summed E-state index contributed by atoms with van der Waals surface area (Å²) in [5.41, 5.74) is 0.411. The van der Waals surface area contributed by atoms with Crippen LogP contribution in [0.4, 0.5) is 0 Å². The van der Waals surface area contributed by atoms with Crippen LogP contribution in [-0.2, 0) is 14.9 Å². The summed E-state index contributed by atoms with van der Waals surface area (Å²) in [6.07, 6.45) is 8.87. The molecular formula is C26H45NO6S. The van der Waals surface area contributed by atoms with Gasteiger partial charge in [0.2, 0.25) is 5.91 Å². The number of fused-ring (bicyclic) bond motifs is 5. The lowest BCUT2D eigenvalue weighted by molar-refractivity contribution is -0.174. The van der Waals surface area contributed by atoms with Gasteiger partial charge in [-0.05, 0) is 104 Å². The zero-order valence-electron chi connectivity index (χ0n) is 21.1. The van der Waals surface area contributed by atoms with Crippen molar-refractivity contribution in [1.82, 2.24) is 5.32 Å². The largest absolute Gasteiger partial charge is 0.393 e. The van der Waals surface area contributed by atoms with Crippen molar-refractivity contribution in [2.24, 2.45) is 46.3 Å². The molecule has 4 N–H and O–H groups in total. The van der Waals surface area contributed by atoms with Crippen LogP contribution in [0.2, 0.25) is 0 Å². The van der Waals surface area contributed by atoms with Crippen LogP contribution >= 0.6 is 0 Å². The van der Waals surface area contributed by atoms with E-state index >= 15 is 0 Å². The fourth-order valence-corrected chi connectivity index (χ4v) is 9.50. The highest BCUT2D eigenvalue weighted by Gasteiger charge is 2.62. The highest BCUT2D eigenvalue weighted by Crippen LogP contribution is 2.68. The molecule has 4 saturated carbocycles. The second-order valence-electron chi connectivity index (χ2n) is 12.6.